The molecular weight excluding hydrogens is 336 g/mol. The Bertz CT molecular complexity index is 464. The van der Waals surface area contributed by atoms with Crippen molar-refractivity contribution in [3.8, 4) is 0 Å². The maximum absolute atomic E-state index is 6.31. The normalized spacial score (nSPS) is 21.6. The van der Waals surface area contributed by atoms with Gasteiger partial charge in [0.05, 0.1) is 5.69 Å². The number of hydrogen-bond donors (Lipinski definition) is 1. The molecule has 1 fully saturated rings. The van der Waals surface area contributed by atoms with Gasteiger partial charge < -0.3 is 10.2 Å². The molecule has 0 spiro atoms. The molecule has 20 heavy (non-hydrogen) atoms. The summed E-state index contributed by atoms with van der Waals surface area (Å²) in [4.78, 5) is 2.46. The van der Waals surface area contributed by atoms with Gasteiger partial charge in [-0.3, -0.25) is 0 Å². The van der Waals surface area contributed by atoms with Crippen molar-refractivity contribution in [2.24, 2.45) is 5.92 Å². The van der Waals surface area contributed by atoms with Crippen molar-refractivity contribution < 1.29 is 0 Å². The lowest BCUT2D eigenvalue weighted by atomic mass is 9.99. The number of rotatable bonds is 3. The first-order valence-corrected chi connectivity index (χ1v) is 8.64. The average molecular weight is 360 g/mol. The first kappa shape index (κ1) is 16.1. The second-order valence-electron chi connectivity index (χ2n) is 5.80. The Morgan fingerprint density at radius 3 is 2.95 bits per heavy atom. The number of halogens is 2. The summed E-state index contributed by atoms with van der Waals surface area (Å²) in [6, 6.07) is 4.77. The number of nitrogens with zero attached hydrogens (tertiary/aromatic N) is 1. The molecule has 1 aromatic rings. The van der Waals surface area contributed by atoms with Crippen LogP contribution in [0.5, 0.6) is 0 Å². The summed E-state index contributed by atoms with van der Waals surface area (Å²) in [5, 5.41) is 4.54. The molecule has 2 nitrogen and oxygen atoms in total. The Labute approximate surface area is 136 Å². The summed E-state index contributed by atoms with van der Waals surface area (Å²) in [6.07, 6.45) is 2.38. The minimum Gasteiger partial charge on any atom is -0.369 e. The smallest absolute Gasteiger partial charge is 0.0526 e. The number of anilines is 1. The van der Waals surface area contributed by atoms with Gasteiger partial charge in [-0.05, 0) is 59.4 Å². The van der Waals surface area contributed by atoms with Crippen LogP contribution in [0.3, 0.4) is 0 Å². The van der Waals surface area contributed by atoms with E-state index in [1.54, 1.807) is 0 Å². The van der Waals surface area contributed by atoms with Crippen LogP contribution >= 0.6 is 27.5 Å². The topological polar surface area (TPSA) is 15.3 Å². The van der Waals surface area contributed by atoms with Crippen LogP contribution in [0.1, 0.15) is 32.3 Å². The van der Waals surface area contributed by atoms with E-state index in [2.05, 4.69) is 52.1 Å². The van der Waals surface area contributed by atoms with Crippen LogP contribution in [-0.2, 0) is 0 Å². The van der Waals surface area contributed by atoms with Crippen LogP contribution in [0.25, 0.3) is 0 Å². The highest BCUT2D eigenvalue weighted by Crippen LogP contribution is 2.33. The molecule has 1 saturated heterocycles. The molecule has 4 heteroatoms. The maximum Gasteiger partial charge on any atom is 0.0526 e. The Kier molecular flexibility index (Phi) is 5.76. The van der Waals surface area contributed by atoms with Crippen molar-refractivity contribution in [1.29, 1.82) is 0 Å². The lowest BCUT2D eigenvalue weighted by Crippen LogP contribution is -2.42. The third-order valence-corrected chi connectivity index (χ3v) is 5.37. The van der Waals surface area contributed by atoms with E-state index in [9.17, 15) is 0 Å². The Balaban J connectivity index is 2.24. The summed E-state index contributed by atoms with van der Waals surface area (Å²) >= 11 is 10.0. The molecule has 2 atom stereocenters. The molecule has 0 saturated carbocycles. The van der Waals surface area contributed by atoms with Crippen molar-refractivity contribution in [3.63, 3.8) is 0 Å². The van der Waals surface area contributed by atoms with Crippen molar-refractivity contribution >= 4 is 33.2 Å². The minimum absolute atomic E-state index is 0.550. The van der Waals surface area contributed by atoms with Gasteiger partial charge in [-0.1, -0.05) is 31.9 Å². The number of hydrogen-bond acceptors (Lipinski definition) is 2. The number of aryl methyl sites for hydroxylation is 1. The Morgan fingerprint density at radius 2 is 2.25 bits per heavy atom. The predicted molar refractivity (Wildman–Crippen MR) is 92.0 cm³/mol. The molecule has 112 valence electrons. The average Bonchev–Trinajstić information content (AvgIpc) is 2.68. The lowest BCUT2D eigenvalue weighted by molar-refractivity contribution is 0.384. The van der Waals surface area contributed by atoms with Crippen LogP contribution in [0.15, 0.2) is 16.6 Å². The molecule has 1 aliphatic rings. The fraction of sp³-hybridized carbons (Fsp3) is 0.625. The van der Waals surface area contributed by atoms with E-state index in [0.717, 1.165) is 34.7 Å². The fourth-order valence-corrected chi connectivity index (χ4v) is 3.58. The summed E-state index contributed by atoms with van der Waals surface area (Å²) in [7, 11) is 0. The van der Waals surface area contributed by atoms with Crippen LogP contribution in [-0.4, -0.2) is 25.7 Å². The van der Waals surface area contributed by atoms with Gasteiger partial charge in [0.1, 0.15) is 0 Å². The van der Waals surface area contributed by atoms with Gasteiger partial charge in [0.2, 0.25) is 0 Å². The standard InChI is InChI=1S/C16H24BrClN2/c1-4-11(2)15-10-20(7-5-6-19-15)16-9-14(18)12(3)8-13(16)17/h8-9,11,15,19H,4-7,10H2,1-3H3. The molecule has 2 rings (SSSR count). The van der Waals surface area contributed by atoms with E-state index in [0.29, 0.717) is 12.0 Å². The van der Waals surface area contributed by atoms with Gasteiger partial charge in [0.25, 0.3) is 0 Å². The van der Waals surface area contributed by atoms with Gasteiger partial charge in [0, 0.05) is 28.6 Å². The van der Waals surface area contributed by atoms with Crippen LogP contribution in [0.4, 0.5) is 5.69 Å². The minimum atomic E-state index is 0.550. The van der Waals surface area contributed by atoms with Crippen LogP contribution in [0.2, 0.25) is 5.02 Å². The van der Waals surface area contributed by atoms with Gasteiger partial charge in [-0.25, -0.2) is 0 Å². The van der Waals surface area contributed by atoms with Gasteiger partial charge in [0.15, 0.2) is 0 Å². The second kappa shape index (κ2) is 7.15. The summed E-state index contributed by atoms with van der Waals surface area (Å²) in [5.41, 5.74) is 2.34. The van der Waals surface area contributed by atoms with E-state index in [-0.39, 0.29) is 0 Å². The first-order valence-electron chi connectivity index (χ1n) is 7.47. The third-order valence-electron chi connectivity index (χ3n) is 4.33. The van der Waals surface area contributed by atoms with E-state index in [1.165, 1.54) is 18.5 Å². The summed E-state index contributed by atoms with van der Waals surface area (Å²) < 4.78 is 1.14. The fourth-order valence-electron chi connectivity index (χ4n) is 2.71. The van der Waals surface area contributed by atoms with Crippen molar-refractivity contribution in [2.75, 3.05) is 24.5 Å². The zero-order valence-electron chi connectivity index (χ0n) is 12.5. The molecule has 1 aromatic carbocycles. The maximum atomic E-state index is 6.31. The van der Waals surface area contributed by atoms with E-state index in [1.807, 2.05) is 6.92 Å². The van der Waals surface area contributed by atoms with Crippen molar-refractivity contribution in [2.45, 2.75) is 39.7 Å². The Hall–Kier alpha value is -0.250. The first-order chi connectivity index (χ1) is 9.52. The molecule has 1 N–H and O–H groups in total. The molecule has 0 bridgehead atoms. The predicted octanol–water partition coefficient (Wildman–Crippen LogP) is 4.63. The molecule has 0 amide bonds. The molecule has 0 aromatic heterocycles. The molecular formula is C16H24BrClN2. The molecule has 2 unspecified atom stereocenters. The molecule has 1 heterocycles. The van der Waals surface area contributed by atoms with E-state index in [4.69, 9.17) is 11.6 Å². The zero-order chi connectivity index (χ0) is 14.7. The van der Waals surface area contributed by atoms with Crippen molar-refractivity contribution in [1.82, 2.24) is 5.32 Å². The number of benzene rings is 1. The quantitative estimate of drug-likeness (QED) is 0.846. The van der Waals surface area contributed by atoms with Crippen molar-refractivity contribution in [3.05, 3.63) is 27.2 Å². The largest absolute Gasteiger partial charge is 0.369 e. The molecule has 1 aliphatic heterocycles. The van der Waals surface area contributed by atoms with E-state index >= 15 is 0 Å². The SMILES string of the molecule is CCC(C)C1CN(c2cc(Cl)c(C)cc2Br)CCCN1. The molecule has 0 radical (unpaired) electrons. The number of nitrogens with one attached hydrogen (secondary N) is 1. The Morgan fingerprint density at radius 1 is 1.50 bits per heavy atom. The van der Waals surface area contributed by atoms with Crippen LogP contribution < -0.4 is 10.2 Å². The second-order valence-corrected chi connectivity index (χ2v) is 7.06. The third kappa shape index (κ3) is 3.69. The molecule has 0 aliphatic carbocycles. The van der Waals surface area contributed by atoms with Gasteiger partial charge >= 0.3 is 0 Å². The highest BCUT2D eigenvalue weighted by molar-refractivity contribution is 9.10. The van der Waals surface area contributed by atoms with Gasteiger partial charge in [-0.2, -0.15) is 0 Å². The van der Waals surface area contributed by atoms with Crippen LogP contribution in [0, 0.1) is 12.8 Å². The lowest BCUT2D eigenvalue weighted by Gasteiger charge is -2.30. The highest BCUT2D eigenvalue weighted by atomic mass is 79.9. The summed E-state index contributed by atoms with van der Waals surface area (Å²) in [5.74, 6) is 0.690. The highest BCUT2D eigenvalue weighted by Gasteiger charge is 2.23. The monoisotopic (exact) mass is 358 g/mol. The summed E-state index contributed by atoms with van der Waals surface area (Å²) in [6.45, 7) is 9.87. The zero-order valence-corrected chi connectivity index (χ0v) is 14.9. The van der Waals surface area contributed by atoms with Gasteiger partial charge in [-0.15, -0.1) is 0 Å². The van der Waals surface area contributed by atoms with E-state index < -0.39 is 0 Å².